The van der Waals surface area contributed by atoms with Crippen LogP contribution in [0.2, 0.25) is 0 Å². The molecule has 4 aromatic rings. The van der Waals surface area contributed by atoms with Crippen LogP contribution in [0.4, 0.5) is 0 Å². The molecule has 2 aromatic heterocycles. The first-order chi connectivity index (χ1) is 12.2. The fraction of sp³-hybridized carbons (Fsp3) is 0.105. The lowest BCUT2D eigenvalue weighted by Crippen LogP contribution is -2.23. The zero-order valence-corrected chi connectivity index (χ0v) is 14.4. The van der Waals surface area contributed by atoms with Crippen LogP contribution in [0.15, 0.2) is 59.4 Å². The van der Waals surface area contributed by atoms with Gasteiger partial charge >= 0.3 is 0 Å². The molecule has 0 fully saturated rings. The maximum atomic E-state index is 12.6. The number of benzene rings is 2. The van der Waals surface area contributed by atoms with Crippen LogP contribution in [0, 0.1) is 0 Å². The Morgan fingerprint density at radius 2 is 1.88 bits per heavy atom. The number of fused-ring (bicyclic) bond motifs is 1. The number of thiazole rings is 1. The van der Waals surface area contributed by atoms with Gasteiger partial charge in [-0.05, 0) is 17.7 Å². The van der Waals surface area contributed by atoms with Gasteiger partial charge < -0.3 is 4.74 Å². The van der Waals surface area contributed by atoms with Crippen LogP contribution in [0.25, 0.3) is 11.0 Å². The van der Waals surface area contributed by atoms with Gasteiger partial charge in [-0.3, -0.25) is 4.79 Å². The van der Waals surface area contributed by atoms with Crippen LogP contribution in [-0.4, -0.2) is 21.7 Å². The largest absolute Gasteiger partial charge is 0.496 e. The van der Waals surface area contributed by atoms with E-state index in [1.165, 1.54) is 15.9 Å². The molecule has 0 bridgehead atoms. The summed E-state index contributed by atoms with van der Waals surface area (Å²) in [4.78, 5) is 17.7. The van der Waals surface area contributed by atoms with Crippen LogP contribution in [0.5, 0.6) is 5.75 Å². The third kappa shape index (κ3) is 3.04. The summed E-state index contributed by atoms with van der Waals surface area (Å²) < 4.78 is 7.30. The molecule has 124 valence electrons. The highest BCUT2D eigenvalue weighted by molar-refractivity contribution is 7.15. The van der Waals surface area contributed by atoms with E-state index in [2.05, 4.69) is 10.1 Å². The number of ether oxygens (including phenoxy) is 1. The molecular formula is C19H15N3O2S. The summed E-state index contributed by atoms with van der Waals surface area (Å²) in [5.74, 6) is 1.38. The van der Waals surface area contributed by atoms with Crippen molar-refractivity contribution in [3.63, 3.8) is 0 Å². The van der Waals surface area contributed by atoms with E-state index in [4.69, 9.17) is 4.74 Å². The molecule has 0 aliphatic carbocycles. The summed E-state index contributed by atoms with van der Waals surface area (Å²) in [7, 11) is 1.61. The molecule has 0 saturated heterocycles. The van der Waals surface area contributed by atoms with Crippen molar-refractivity contribution in [2.75, 3.05) is 7.11 Å². The Balaban J connectivity index is 1.73. The predicted molar refractivity (Wildman–Crippen MR) is 98.2 cm³/mol. The molecule has 0 aliphatic rings. The highest BCUT2D eigenvalue weighted by Crippen LogP contribution is 2.18. The zero-order chi connectivity index (χ0) is 17.2. The molecule has 25 heavy (non-hydrogen) atoms. The van der Waals surface area contributed by atoms with Crippen molar-refractivity contribution in [2.45, 2.75) is 6.42 Å². The predicted octanol–water partition coefficient (Wildman–Crippen LogP) is 2.30. The molecule has 2 aromatic carbocycles. The van der Waals surface area contributed by atoms with Crippen molar-refractivity contribution in [2.24, 2.45) is 0 Å². The highest BCUT2D eigenvalue weighted by atomic mass is 32.1. The maximum absolute atomic E-state index is 12.6. The smallest absolute Gasteiger partial charge is 0.291 e. The second-order valence-corrected chi connectivity index (χ2v) is 6.55. The van der Waals surface area contributed by atoms with Gasteiger partial charge in [0.2, 0.25) is 4.96 Å². The maximum Gasteiger partial charge on any atom is 0.291 e. The van der Waals surface area contributed by atoms with Gasteiger partial charge in [-0.2, -0.15) is 4.52 Å². The number of nitrogens with zero attached hydrogens (tertiary/aromatic N) is 3. The monoisotopic (exact) mass is 349 g/mol. The molecule has 0 unspecified atom stereocenters. The molecular weight excluding hydrogens is 334 g/mol. The van der Waals surface area contributed by atoms with Gasteiger partial charge in [0.25, 0.3) is 5.56 Å². The van der Waals surface area contributed by atoms with E-state index in [0.717, 1.165) is 16.9 Å². The van der Waals surface area contributed by atoms with Crippen molar-refractivity contribution in [1.29, 1.82) is 0 Å². The summed E-state index contributed by atoms with van der Waals surface area (Å²) >= 11 is 1.34. The number of rotatable bonds is 4. The molecule has 0 N–H and O–H groups in total. The van der Waals surface area contributed by atoms with Crippen LogP contribution in [0.1, 0.15) is 17.0 Å². The number of para-hydroxylation sites is 1. The van der Waals surface area contributed by atoms with E-state index in [0.29, 0.717) is 21.7 Å². The number of hydrogen-bond acceptors (Lipinski definition) is 5. The lowest BCUT2D eigenvalue weighted by molar-refractivity contribution is 0.414. The Morgan fingerprint density at radius 1 is 1.12 bits per heavy atom. The molecule has 6 heteroatoms. The number of hydrogen-bond donors (Lipinski definition) is 0. The molecule has 0 saturated carbocycles. The van der Waals surface area contributed by atoms with Gasteiger partial charge in [-0.15, -0.1) is 5.10 Å². The second-order valence-electron chi connectivity index (χ2n) is 5.54. The van der Waals surface area contributed by atoms with E-state index in [9.17, 15) is 4.79 Å². The molecule has 4 rings (SSSR count). The first kappa shape index (κ1) is 15.5. The Bertz CT molecular complexity index is 1130. The van der Waals surface area contributed by atoms with E-state index in [-0.39, 0.29) is 5.56 Å². The summed E-state index contributed by atoms with van der Waals surface area (Å²) in [6, 6.07) is 17.6. The lowest BCUT2D eigenvalue weighted by Gasteiger charge is -2.02. The van der Waals surface area contributed by atoms with Crippen molar-refractivity contribution in [3.05, 3.63) is 86.4 Å². The van der Waals surface area contributed by atoms with Crippen molar-refractivity contribution < 1.29 is 4.74 Å². The van der Waals surface area contributed by atoms with Crippen molar-refractivity contribution in [3.8, 4) is 5.75 Å². The quantitative estimate of drug-likeness (QED) is 0.567. The standard InChI is InChI=1S/C19H15N3O2S/c1-24-15-10-6-5-9-14(15)12-16-18(23)22-19(25-16)20-17(21-22)11-13-7-3-2-4-8-13/h2-10,12H,11H2,1H3/b16-12-. The summed E-state index contributed by atoms with van der Waals surface area (Å²) in [5, 5.41) is 4.36. The minimum Gasteiger partial charge on any atom is -0.496 e. The van der Waals surface area contributed by atoms with Gasteiger partial charge in [0.1, 0.15) is 5.75 Å². The molecule has 0 atom stereocenters. The minimum atomic E-state index is -0.155. The van der Waals surface area contributed by atoms with Crippen molar-refractivity contribution in [1.82, 2.24) is 14.6 Å². The minimum absolute atomic E-state index is 0.155. The molecule has 0 amide bonds. The van der Waals surface area contributed by atoms with Crippen LogP contribution < -0.4 is 14.8 Å². The van der Waals surface area contributed by atoms with Gasteiger partial charge in [-0.25, -0.2) is 4.98 Å². The molecule has 2 heterocycles. The average molecular weight is 349 g/mol. The fourth-order valence-electron chi connectivity index (χ4n) is 2.65. The van der Waals surface area contributed by atoms with Gasteiger partial charge in [0.15, 0.2) is 5.82 Å². The highest BCUT2D eigenvalue weighted by Gasteiger charge is 2.11. The topological polar surface area (TPSA) is 56.5 Å². The van der Waals surface area contributed by atoms with Gasteiger partial charge in [-0.1, -0.05) is 59.9 Å². The van der Waals surface area contributed by atoms with Crippen molar-refractivity contribution >= 4 is 22.4 Å². The number of methoxy groups -OCH3 is 1. The van der Waals surface area contributed by atoms with Crippen LogP contribution >= 0.6 is 11.3 Å². The van der Waals surface area contributed by atoms with E-state index >= 15 is 0 Å². The van der Waals surface area contributed by atoms with Crippen LogP contribution in [-0.2, 0) is 6.42 Å². The van der Waals surface area contributed by atoms with Gasteiger partial charge in [0.05, 0.1) is 11.6 Å². The number of aromatic nitrogens is 3. The first-order valence-corrected chi connectivity index (χ1v) is 8.63. The summed E-state index contributed by atoms with van der Waals surface area (Å²) in [6.45, 7) is 0. The fourth-order valence-corrected chi connectivity index (χ4v) is 3.57. The Morgan fingerprint density at radius 3 is 2.64 bits per heavy atom. The summed E-state index contributed by atoms with van der Waals surface area (Å²) in [6.07, 6.45) is 2.43. The second kappa shape index (κ2) is 6.49. The van der Waals surface area contributed by atoms with Gasteiger partial charge in [0, 0.05) is 12.0 Å². The molecule has 0 aliphatic heterocycles. The van der Waals surface area contributed by atoms with E-state index in [1.54, 1.807) is 7.11 Å². The Hall–Kier alpha value is -2.99. The van der Waals surface area contributed by atoms with Crippen LogP contribution in [0.3, 0.4) is 0 Å². The lowest BCUT2D eigenvalue weighted by atomic mass is 10.1. The molecule has 0 radical (unpaired) electrons. The van der Waals surface area contributed by atoms with E-state index in [1.807, 2.05) is 60.7 Å². The van der Waals surface area contributed by atoms with E-state index < -0.39 is 0 Å². The normalized spacial score (nSPS) is 12.0. The Labute approximate surface area is 147 Å². The third-order valence-corrected chi connectivity index (χ3v) is 4.82. The third-order valence-electron chi connectivity index (χ3n) is 3.86. The first-order valence-electron chi connectivity index (χ1n) is 7.82. The average Bonchev–Trinajstić information content (AvgIpc) is 3.15. The summed E-state index contributed by atoms with van der Waals surface area (Å²) in [5.41, 5.74) is 1.82. The molecule has 0 spiro atoms. The Kier molecular flexibility index (Phi) is 4.03. The zero-order valence-electron chi connectivity index (χ0n) is 13.5. The molecule has 5 nitrogen and oxygen atoms in total. The SMILES string of the molecule is COc1ccccc1/C=c1\sc2nc(Cc3ccccc3)nn2c1=O.